The zero-order valence-corrected chi connectivity index (χ0v) is 23.6. The zero-order valence-electron chi connectivity index (χ0n) is 21.9. The van der Waals surface area contributed by atoms with Gasteiger partial charge in [-0.2, -0.15) is 4.31 Å². The first-order valence-corrected chi connectivity index (χ1v) is 14.9. The maximum atomic E-state index is 14.3. The summed E-state index contributed by atoms with van der Waals surface area (Å²) in [4.78, 5) is 16.1. The summed E-state index contributed by atoms with van der Waals surface area (Å²) in [6.07, 6.45) is 4.19. The van der Waals surface area contributed by atoms with Crippen molar-refractivity contribution in [3.8, 4) is 0 Å². The number of amides is 1. The summed E-state index contributed by atoms with van der Waals surface area (Å²) >= 11 is 1.68. The van der Waals surface area contributed by atoms with Crippen LogP contribution in [-0.2, 0) is 14.8 Å². The minimum atomic E-state index is -3.64. The van der Waals surface area contributed by atoms with Crippen molar-refractivity contribution < 1.29 is 17.6 Å². The maximum Gasteiger partial charge on any atom is 0.242 e. The van der Waals surface area contributed by atoms with Crippen LogP contribution in [0.1, 0.15) is 30.0 Å². The van der Waals surface area contributed by atoms with Crippen LogP contribution in [0.5, 0.6) is 0 Å². The molecule has 8 heteroatoms. The molecule has 3 aromatic rings. The number of hydrogen-bond donors (Lipinski definition) is 0. The second-order valence-electron chi connectivity index (χ2n) is 9.26. The van der Waals surface area contributed by atoms with E-state index in [0.29, 0.717) is 0 Å². The third-order valence-electron chi connectivity index (χ3n) is 6.84. The van der Waals surface area contributed by atoms with Crippen LogP contribution in [0, 0.1) is 5.82 Å². The highest BCUT2D eigenvalue weighted by Crippen LogP contribution is 2.44. The summed E-state index contributed by atoms with van der Waals surface area (Å²) in [6.45, 7) is 2.34. The van der Waals surface area contributed by atoms with E-state index in [1.807, 2.05) is 25.3 Å². The number of sulfonamides is 1. The van der Waals surface area contributed by atoms with Gasteiger partial charge in [0.05, 0.1) is 11.3 Å². The molecule has 198 valence electrons. The summed E-state index contributed by atoms with van der Waals surface area (Å²) in [5, 5.41) is 0. The molecule has 0 saturated carbocycles. The van der Waals surface area contributed by atoms with E-state index < -0.39 is 10.0 Å². The predicted molar refractivity (Wildman–Crippen MR) is 154 cm³/mol. The summed E-state index contributed by atoms with van der Waals surface area (Å²) in [6, 6.07) is 21.1. The van der Waals surface area contributed by atoms with E-state index in [2.05, 4.69) is 18.2 Å². The number of nitrogens with zero attached hydrogens (tertiary/aromatic N) is 2. The van der Waals surface area contributed by atoms with Crippen LogP contribution >= 0.6 is 11.8 Å². The Morgan fingerprint density at radius 2 is 1.63 bits per heavy atom. The van der Waals surface area contributed by atoms with Crippen molar-refractivity contribution in [1.29, 1.82) is 0 Å². The summed E-state index contributed by atoms with van der Waals surface area (Å²) in [7, 11) is -0.477. The van der Waals surface area contributed by atoms with Gasteiger partial charge in [0, 0.05) is 32.1 Å². The van der Waals surface area contributed by atoms with E-state index in [0.717, 1.165) is 33.4 Å². The number of carbonyl (C=O) groups is 1. The SMILES string of the molecule is CSc1ccc(/C=C2/C(C)=C(CC(=O)N(C)CCN(C)S(=O)(=O)c3ccccc3)c3cc(F)ccc32)cc1. The Morgan fingerprint density at radius 1 is 0.947 bits per heavy atom. The minimum Gasteiger partial charge on any atom is -0.344 e. The van der Waals surface area contributed by atoms with Crippen molar-refractivity contribution in [1.82, 2.24) is 9.21 Å². The van der Waals surface area contributed by atoms with Crippen LogP contribution in [0.3, 0.4) is 0 Å². The van der Waals surface area contributed by atoms with Gasteiger partial charge in [-0.05, 0) is 89.1 Å². The first-order valence-electron chi connectivity index (χ1n) is 12.2. The molecule has 0 bridgehead atoms. The molecule has 5 nitrogen and oxygen atoms in total. The molecule has 0 fully saturated rings. The van der Waals surface area contributed by atoms with Gasteiger partial charge < -0.3 is 4.90 Å². The monoisotopic (exact) mass is 550 g/mol. The van der Waals surface area contributed by atoms with Crippen molar-refractivity contribution in [3.05, 3.63) is 101 Å². The summed E-state index contributed by atoms with van der Waals surface area (Å²) in [5.41, 5.74) is 5.34. The Balaban J connectivity index is 1.52. The van der Waals surface area contributed by atoms with Crippen LogP contribution in [0.4, 0.5) is 4.39 Å². The second kappa shape index (κ2) is 11.7. The van der Waals surface area contributed by atoms with Crippen molar-refractivity contribution >= 4 is 44.9 Å². The van der Waals surface area contributed by atoms with Gasteiger partial charge in [0.2, 0.25) is 15.9 Å². The molecular formula is C30H31FN2O3S2. The molecule has 4 rings (SSSR count). The Kier molecular flexibility index (Phi) is 8.55. The average molecular weight is 551 g/mol. The largest absolute Gasteiger partial charge is 0.344 e. The van der Waals surface area contributed by atoms with Gasteiger partial charge in [-0.1, -0.05) is 36.4 Å². The van der Waals surface area contributed by atoms with Gasteiger partial charge in [-0.15, -0.1) is 11.8 Å². The highest BCUT2D eigenvalue weighted by molar-refractivity contribution is 7.98. The number of hydrogen-bond acceptors (Lipinski definition) is 4. The third-order valence-corrected chi connectivity index (χ3v) is 9.45. The standard InChI is InChI=1S/C30H31FN2O3S2/c1-21-27(18-22-10-13-24(37-4)14-11-22)26-15-12-23(31)19-29(26)28(21)20-30(34)32(2)16-17-33(3)38(35,36)25-8-6-5-7-9-25/h5-15,18-19H,16-17,20H2,1-4H3/b27-18-. The molecule has 3 aromatic carbocycles. The highest BCUT2D eigenvalue weighted by atomic mass is 32.2. The molecule has 38 heavy (non-hydrogen) atoms. The van der Waals surface area contributed by atoms with Gasteiger partial charge in [0.1, 0.15) is 5.82 Å². The number of halogens is 1. The van der Waals surface area contributed by atoms with Gasteiger partial charge in [0.15, 0.2) is 0 Å². The smallest absolute Gasteiger partial charge is 0.242 e. The fourth-order valence-electron chi connectivity index (χ4n) is 4.44. The Bertz CT molecular complexity index is 1500. The molecule has 1 aliphatic carbocycles. The van der Waals surface area contributed by atoms with E-state index >= 15 is 0 Å². The number of thioether (sulfide) groups is 1. The Morgan fingerprint density at radius 3 is 2.29 bits per heavy atom. The van der Waals surface area contributed by atoms with Crippen molar-refractivity contribution in [2.24, 2.45) is 0 Å². The number of carbonyl (C=O) groups excluding carboxylic acids is 1. The number of allylic oxidation sites excluding steroid dienone is 2. The van der Waals surface area contributed by atoms with Gasteiger partial charge in [-0.3, -0.25) is 4.79 Å². The quantitative estimate of drug-likeness (QED) is 0.305. The molecule has 0 atom stereocenters. The van der Waals surface area contributed by atoms with Gasteiger partial charge in [0.25, 0.3) is 0 Å². The Labute approximate surface area is 228 Å². The lowest BCUT2D eigenvalue weighted by atomic mass is 10.0. The zero-order chi connectivity index (χ0) is 27.4. The molecule has 0 radical (unpaired) electrons. The minimum absolute atomic E-state index is 0.0939. The van der Waals surface area contributed by atoms with E-state index in [4.69, 9.17) is 0 Å². The first kappa shape index (κ1) is 27.8. The van der Waals surface area contributed by atoms with E-state index in [-0.39, 0.29) is 36.1 Å². The van der Waals surface area contributed by atoms with E-state index in [9.17, 15) is 17.6 Å². The molecule has 0 unspecified atom stereocenters. The number of likely N-dealkylation sites (N-methyl/N-ethyl adjacent to an activating group) is 2. The van der Waals surface area contributed by atoms with Crippen LogP contribution in [-0.4, -0.2) is 57.0 Å². The second-order valence-corrected chi connectivity index (χ2v) is 12.2. The molecule has 0 aromatic heterocycles. The molecule has 0 heterocycles. The van der Waals surface area contributed by atoms with Crippen LogP contribution in [0.15, 0.2) is 88.2 Å². The maximum absolute atomic E-state index is 14.3. The average Bonchev–Trinajstić information content (AvgIpc) is 3.17. The van der Waals surface area contributed by atoms with Crippen molar-refractivity contribution in [3.63, 3.8) is 0 Å². The van der Waals surface area contributed by atoms with Gasteiger partial charge in [-0.25, -0.2) is 12.8 Å². The fraction of sp³-hybridized carbons (Fsp3) is 0.233. The molecule has 0 spiro atoms. The Hall–Kier alpha value is -3.20. The summed E-state index contributed by atoms with van der Waals surface area (Å²) < 4.78 is 41.1. The molecule has 0 saturated heterocycles. The molecule has 1 amide bonds. The lowest BCUT2D eigenvalue weighted by Crippen LogP contribution is -2.37. The fourth-order valence-corrected chi connectivity index (χ4v) is 6.03. The molecule has 1 aliphatic rings. The van der Waals surface area contributed by atoms with Crippen LogP contribution < -0.4 is 0 Å². The van der Waals surface area contributed by atoms with E-state index in [1.165, 1.54) is 33.3 Å². The lowest BCUT2D eigenvalue weighted by Gasteiger charge is -2.22. The predicted octanol–water partition coefficient (Wildman–Crippen LogP) is 6.04. The molecular weight excluding hydrogens is 519 g/mol. The topological polar surface area (TPSA) is 57.7 Å². The van der Waals surface area contributed by atoms with E-state index in [1.54, 1.807) is 55.2 Å². The first-order chi connectivity index (χ1) is 18.1. The van der Waals surface area contributed by atoms with Crippen LogP contribution in [0.25, 0.3) is 17.2 Å². The van der Waals surface area contributed by atoms with Crippen LogP contribution in [0.2, 0.25) is 0 Å². The molecule has 0 N–H and O–H groups in total. The normalized spacial score (nSPS) is 14.3. The van der Waals surface area contributed by atoms with Crippen molar-refractivity contribution in [2.75, 3.05) is 33.4 Å². The third kappa shape index (κ3) is 5.93. The number of benzene rings is 3. The number of rotatable bonds is 9. The number of fused-ring (bicyclic) bond motifs is 1. The molecule has 0 aliphatic heterocycles. The summed E-state index contributed by atoms with van der Waals surface area (Å²) in [5.74, 6) is -0.515. The highest BCUT2D eigenvalue weighted by Gasteiger charge is 2.27. The van der Waals surface area contributed by atoms with Crippen molar-refractivity contribution in [2.45, 2.75) is 23.1 Å². The van der Waals surface area contributed by atoms with Gasteiger partial charge >= 0.3 is 0 Å². The lowest BCUT2D eigenvalue weighted by molar-refractivity contribution is -0.128.